The average Bonchev–Trinajstić information content (AvgIpc) is 2.37. The second-order valence-electron chi connectivity index (χ2n) is 3.85. The van der Waals surface area contributed by atoms with E-state index in [2.05, 4.69) is 26.1 Å². The molecule has 1 heterocycles. The van der Waals surface area contributed by atoms with Crippen LogP contribution in [0.2, 0.25) is 0 Å². The topological polar surface area (TPSA) is 63.1 Å². The number of carbonyl (C=O) groups is 1. The summed E-state index contributed by atoms with van der Waals surface area (Å²) >= 11 is 3.39. The number of halogens is 1. The molecule has 0 bridgehead atoms. The van der Waals surface area contributed by atoms with Gasteiger partial charge in [0.05, 0.1) is 12.1 Å². The Kier molecular flexibility index (Phi) is 4.04. The molecule has 1 aromatic carbocycles. The number of benzene rings is 1. The van der Waals surface area contributed by atoms with Gasteiger partial charge in [0.25, 0.3) is 0 Å². The number of aromatic nitrogens is 2. The third-order valence-corrected chi connectivity index (χ3v) is 3.07. The molecule has 0 aliphatic rings. The molecule has 0 saturated carbocycles. The molecule has 4 nitrogen and oxygen atoms in total. The first-order valence-electron chi connectivity index (χ1n) is 5.41. The van der Waals surface area contributed by atoms with Crippen LogP contribution in [0, 0.1) is 0 Å². The number of hydrogen-bond acceptors (Lipinski definition) is 3. The molecule has 18 heavy (non-hydrogen) atoms. The zero-order chi connectivity index (χ0) is 13.0. The summed E-state index contributed by atoms with van der Waals surface area (Å²) in [6.45, 7) is 0. The molecule has 1 aromatic heterocycles. The maximum Gasteiger partial charge on any atom is 0.304 e. The zero-order valence-corrected chi connectivity index (χ0v) is 11.0. The lowest BCUT2D eigenvalue weighted by atomic mass is 9.92. The number of aliphatic carboxylic acids is 1. The summed E-state index contributed by atoms with van der Waals surface area (Å²) in [6, 6.07) is 11.1. The SMILES string of the molecule is O=C(O)CC(c1cccc(Br)c1)c1cccnn1. The van der Waals surface area contributed by atoms with Crippen LogP contribution in [0.3, 0.4) is 0 Å². The molecule has 92 valence electrons. The minimum Gasteiger partial charge on any atom is -0.481 e. The van der Waals surface area contributed by atoms with Gasteiger partial charge in [-0.1, -0.05) is 28.1 Å². The third-order valence-electron chi connectivity index (χ3n) is 2.58. The molecule has 0 fully saturated rings. The second kappa shape index (κ2) is 5.73. The van der Waals surface area contributed by atoms with Gasteiger partial charge in [-0.2, -0.15) is 10.2 Å². The lowest BCUT2D eigenvalue weighted by Gasteiger charge is -2.14. The molecule has 2 rings (SSSR count). The maximum atomic E-state index is 11.0. The molecule has 1 N–H and O–H groups in total. The quantitative estimate of drug-likeness (QED) is 0.943. The first kappa shape index (κ1) is 12.7. The van der Waals surface area contributed by atoms with Crippen molar-refractivity contribution in [2.75, 3.05) is 0 Å². The van der Waals surface area contributed by atoms with Crippen molar-refractivity contribution in [1.82, 2.24) is 10.2 Å². The van der Waals surface area contributed by atoms with E-state index in [0.29, 0.717) is 5.69 Å². The van der Waals surface area contributed by atoms with E-state index in [4.69, 9.17) is 5.11 Å². The van der Waals surface area contributed by atoms with Crippen molar-refractivity contribution in [3.63, 3.8) is 0 Å². The Bertz CT molecular complexity index is 546. The lowest BCUT2D eigenvalue weighted by molar-refractivity contribution is -0.137. The summed E-state index contributed by atoms with van der Waals surface area (Å²) in [4.78, 5) is 11.0. The van der Waals surface area contributed by atoms with Crippen LogP contribution >= 0.6 is 15.9 Å². The normalized spacial score (nSPS) is 12.1. The highest BCUT2D eigenvalue weighted by molar-refractivity contribution is 9.10. The minimum absolute atomic E-state index is 0.00481. The minimum atomic E-state index is -0.856. The zero-order valence-electron chi connectivity index (χ0n) is 9.45. The Hall–Kier alpha value is -1.75. The van der Waals surface area contributed by atoms with Gasteiger partial charge in [0.2, 0.25) is 0 Å². The molecule has 1 unspecified atom stereocenters. The number of nitrogens with zero attached hydrogens (tertiary/aromatic N) is 2. The van der Waals surface area contributed by atoms with E-state index in [0.717, 1.165) is 10.0 Å². The fraction of sp³-hybridized carbons (Fsp3) is 0.154. The van der Waals surface area contributed by atoms with E-state index in [9.17, 15) is 4.79 Å². The van der Waals surface area contributed by atoms with Crippen molar-refractivity contribution in [3.05, 3.63) is 58.3 Å². The molecule has 0 radical (unpaired) electrons. The van der Waals surface area contributed by atoms with E-state index < -0.39 is 5.97 Å². The summed E-state index contributed by atoms with van der Waals surface area (Å²) in [5.74, 6) is -1.14. The lowest BCUT2D eigenvalue weighted by Crippen LogP contribution is -2.10. The largest absolute Gasteiger partial charge is 0.481 e. The third kappa shape index (κ3) is 3.13. The number of carboxylic acids is 1. The molecule has 5 heteroatoms. The van der Waals surface area contributed by atoms with Crippen molar-refractivity contribution < 1.29 is 9.90 Å². The standard InChI is InChI=1S/C13H11BrN2O2/c14-10-4-1-3-9(7-10)11(8-13(17)18)12-5-2-6-15-16-12/h1-7,11H,8H2,(H,17,18). The molecular formula is C13H11BrN2O2. The van der Waals surface area contributed by atoms with Crippen LogP contribution in [0.5, 0.6) is 0 Å². The van der Waals surface area contributed by atoms with E-state index >= 15 is 0 Å². The van der Waals surface area contributed by atoms with E-state index in [1.807, 2.05) is 24.3 Å². The van der Waals surface area contributed by atoms with Crippen LogP contribution in [-0.2, 0) is 4.79 Å². The Morgan fingerprint density at radius 3 is 2.78 bits per heavy atom. The Morgan fingerprint density at radius 1 is 1.33 bits per heavy atom. The Labute approximate surface area is 113 Å². The van der Waals surface area contributed by atoms with Crippen LogP contribution in [0.4, 0.5) is 0 Å². The van der Waals surface area contributed by atoms with Crippen LogP contribution < -0.4 is 0 Å². The fourth-order valence-corrected chi connectivity index (χ4v) is 2.21. The van der Waals surface area contributed by atoms with Gasteiger partial charge < -0.3 is 5.11 Å². The predicted octanol–water partition coefficient (Wildman–Crippen LogP) is 2.85. The molecule has 0 amide bonds. The van der Waals surface area contributed by atoms with Crippen molar-refractivity contribution in [1.29, 1.82) is 0 Å². The Balaban J connectivity index is 2.40. The summed E-state index contributed by atoms with van der Waals surface area (Å²) in [5.41, 5.74) is 1.57. The van der Waals surface area contributed by atoms with Gasteiger partial charge in [0, 0.05) is 16.6 Å². The number of rotatable bonds is 4. The van der Waals surface area contributed by atoms with Crippen LogP contribution in [-0.4, -0.2) is 21.3 Å². The first-order valence-corrected chi connectivity index (χ1v) is 6.21. The van der Waals surface area contributed by atoms with E-state index in [1.54, 1.807) is 18.3 Å². The van der Waals surface area contributed by atoms with Crippen LogP contribution in [0.25, 0.3) is 0 Å². The van der Waals surface area contributed by atoms with Gasteiger partial charge in [-0.05, 0) is 29.8 Å². The van der Waals surface area contributed by atoms with Gasteiger partial charge in [-0.3, -0.25) is 4.79 Å². The predicted molar refractivity (Wildman–Crippen MR) is 70.3 cm³/mol. The summed E-state index contributed by atoms with van der Waals surface area (Å²) in [5, 5.41) is 16.8. The Morgan fingerprint density at radius 2 is 2.17 bits per heavy atom. The van der Waals surface area contributed by atoms with Gasteiger partial charge in [0.1, 0.15) is 0 Å². The highest BCUT2D eigenvalue weighted by atomic mass is 79.9. The molecule has 0 spiro atoms. The molecular weight excluding hydrogens is 296 g/mol. The maximum absolute atomic E-state index is 11.0. The molecule has 0 aliphatic heterocycles. The van der Waals surface area contributed by atoms with E-state index in [-0.39, 0.29) is 12.3 Å². The van der Waals surface area contributed by atoms with E-state index in [1.165, 1.54) is 0 Å². The molecule has 2 aromatic rings. The molecule has 1 atom stereocenters. The van der Waals surface area contributed by atoms with Crippen molar-refractivity contribution in [3.8, 4) is 0 Å². The van der Waals surface area contributed by atoms with Gasteiger partial charge >= 0.3 is 5.97 Å². The monoisotopic (exact) mass is 306 g/mol. The second-order valence-corrected chi connectivity index (χ2v) is 4.77. The smallest absolute Gasteiger partial charge is 0.304 e. The first-order chi connectivity index (χ1) is 8.66. The van der Waals surface area contributed by atoms with Crippen LogP contribution in [0.1, 0.15) is 23.6 Å². The van der Waals surface area contributed by atoms with Crippen LogP contribution in [0.15, 0.2) is 47.1 Å². The van der Waals surface area contributed by atoms with Gasteiger partial charge in [-0.15, -0.1) is 0 Å². The van der Waals surface area contributed by atoms with Crippen molar-refractivity contribution in [2.24, 2.45) is 0 Å². The highest BCUT2D eigenvalue weighted by Crippen LogP contribution is 2.28. The molecule has 0 saturated heterocycles. The van der Waals surface area contributed by atoms with Crippen molar-refractivity contribution in [2.45, 2.75) is 12.3 Å². The molecule has 0 aliphatic carbocycles. The van der Waals surface area contributed by atoms with Gasteiger partial charge in [0.15, 0.2) is 0 Å². The average molecular weight is 307 g/mol. The van der Waals surface area contributed by atoms with Crippen molar-refractivity contribution >= 4 is 21.9 Å². The highest BCUT2D eigenvalue weighted by Gasteiger charge is 2.19. The number of hydrogen-bond donors (Lipinski definition) is 1. The fourth-order valence-electron chi connectivity index (χ4n) is 1.79. The summed E-state index contributed by atoms with van der Waals surface area (Å²) < 4.78 is 0.916. The number of carboxylic acid groups (broad SMARTS) is 1. The summed E-state index contributed by atoms with van der Waals surface area (Å²) in [6.07, 6.45) is 1.57. The van der Waals surface area contributed by atoms with Gasteiger partial charge in [-0.25, -0.2) is 0 Å². The summed E-state index contributed by atoms with van der Waals surface area (Å²) in [7, 11) is 0.